The van der Waals surface area contributed by atoms with Crippen molar-refractivity contribution in [2.45, 2.75) is 13.5 Å². The molecular formula is C19H17N3O6S. The van der Waals surface area contributed by atoms with E-state index in [4.69, 9.17) is 9.47 Å². The van der Waals surface area contributed by atoms with Gasteiger partial charge in [0.1, 0.15) is 12.3 Å². The highest BCUT2D eigenvalue weighted by molar-refractivity contribution is 7.16. The molecule has 0 radical (unpaired) electrons. The van der Waals surface area contributed by atoms with E-state index in [2.05, 4.69) is 4.99 Å². The number of nitro benzene ring substituents is 1. The molecule has 0 aliphatic rings. The molecule has 0 saturated carbocycles. The van der Waals surface area contributed by atoms with Crippen LogP contribution in [0, 0.1) is 17.0 Å². The summed E-state index contributed by atoms with van der Waals surface area (Å²) < 4.78 is 12.2. The number of amides is 1. The van der Waals surface area contributed by atoms with Crippen LogP contribution in [-0.2, 0) is 20.9 Å². The Labute approximate surface area is 169 Å². The predicted molar refractivity (Wildman–Crippen MR) is 106 cm³/mol. The number of aromatic nitrogens is 1. The lowest BCUT2D eigenvalue weighted by Gasteiger charge is -2.05. The number of aryl methyl sites for hydroxylation is 1. The molecule has 1 amide bonds. The summed E-state index contributed by atoms with van der Waals surface area (Å²) in [4.78, 5) is 38.9. The van der Waals surface area contributed by atoms with Crippen molar-refractivity contribution in [3.8, 4) is 5.75 Å². The van der Waals surface area contributed by atoms with Gasteiger partial charge in [-0.2, -0.15) is 4.99 Å². The molecule has 0 atom stereocenters. The molecule has 0 bridgehead atoms. The van der Waals surface area contributed by atoms with E-state index in [9.17, 15) is 19.7 Å². The van der Waals surface area contributed by atoms with E-state index >= 15 is 0 Å². The van der Waals surface area contributed by atoms with Gasteiger partial charge in [-0.25, -0.2) is 0 Å². The maximum atomic E-state index is 12.3. The molecule has 3 aromatic rings. The van der Waals surface area contributed by atoms with Gasteiger partial charge in [-0.3, -0.25) is 19.7 Å². The van der Waals surface area contributed by atoms with Crippen molar-refractivity contribution < 1.29 is 24.0 Å². The molecule has 1 aromatic heterocycles. The number of nitro groups is 1. The SMILES string of the molecule is COC(=O)Cn1c(=NC(=O)COc2cccc(C)c2)sc2cc([N+](=O)[O-])ccc21. The second-order valence-electron chi connectivity index (χ2n) is 6.07. The number of nitrogens with zero attached hydrogens (tertiary/aromatic N) is 3. The van der Waals surface area contributed by atoms with E-state index in [1.165, 1.54) is 29.9 Å². The molecule has 10 heteroatoms. The Kier molecular flexibility index (Phi) is 6.03. The van der Waals surface area contributed by atoms with Crippen LogP contribution in [0.4, 0.5) is 5.69 Å². The zero-order valence-electron chi connectivity index (χ0n) is 15.7. The molecule has 150 valence electrons. The highest BCUT2D eigenvalue weighted by Crippen LogP contribution is 2.23. The minimum absolute atomic E-state index is 0.0929. The van der Waals surface area contributed by atoms with Crippen molar-refractivity contribution in [2.75, 3.05) is 13.7 Å². The van der Waals surface area contributed by atoms with Crippen LogP contribution in [-0.4, -0.2) is 35.1 Å². The van der Waals surface area contributed by atoms with Crippen LogP contribution in [0.1, 0.15) is 5.56 Å². The second kappa shape index (κ2) is 8.65. The average Bonchev–Trinajstić information content (AvgIpc) is 3.02. The van der Waals surface area contributed by atoms with Crippen molar-refractivity contribution in [3.63, 3.8) is 0 Å². The molecule has 29 heavy (non-hydrogen) atoms. The highest BCUT2D eigenvalue weighted by atomic mass is 32.1. The van der Waals surface area contributed by atoms with Gasteiger partial charge in [-0.1, -0.05) is 23.5 Å². The summed E-state index contributed by atoms with van der Waals surface area (Å²) in [5.74, 6) is -0.540. The van der Waals surface area contributed by atoms with Crippen LogP contribution >= 0.6 is 11.3 Å². The van der Waals surface area contributed by atoms with Crippen LogP contribution in [0.15, 0.2) is 47.5 Å². The Hall–Kier alpha value is -3.53. The molecule has 9 nitrogen and oxygen atoms in total. The van der Waals surface area contributed by atoms with Crippen molar-refractivity contribution >= 4 is 39.1 Å². The van der Waals surface area contributed by atoms with Crippen LogP contribution in [0.5, 0.6) is 5.75 Å². The standard InChI is InChI=1S/C19H17N3O6S/c1-12-4-3-5-14(8-12)28-11-17(23)20-19-21(10-18(24)27-2)15-7-6-13(22(25)26)9-16(15)29-19/h3-9H,10-11H2,1-2H3. The molecule has 0 fully saturated rings. The van der Waals surface area contributed by atoms with E-state index in [0.29, 0.717) is 16.0 Å². The van der Waals surface area contributed by atoms with E-state index < -0.39 is 16.8 Å². The van der Waals surface area contributed by atoms with Crippen LogP contribution in [0.25, 0.3) is 10.2 Å². The number of rotatable bonds is 6. The van der Waals surface area contributed by atoms with Gasteiger partial charge in [-0.05, 0) is 30.7 Å². The monoisotopic (exact) mass is 415 g/mol. The third kappa shape index (κ3) is 4.85. The normalized spacial score (nSPS) is 11.4. The number of non-ortho nitro benzene ring substituents is 1. The van der Waals surface area contributed by atoms with Crippen LogP contribution < -0.4 is 9.54 Å². The fourth-order valence-corrected chi connectivity index (χ4v) is 3.68. The first-order chi connectivity index (χ1) is 13.9. The van der Waals surface area contributed by atoms with Crippen molar-refractivity contribution in [1.82, 2.24) is 4.57 Å². The Morgan fingerprint density at radius 2 is 2.03 bits per heavy atom. The quantitative estimate of drug-likeness (QED) is 0.347. The number of ether oxygens (including phenoxy) is 2. The maximum absolute atomic E-state index is 12.3. The lowest BCUT2D eigenvalue weighted by Crippen LogP contribution is -2.23. The first kappa shape index (κ1) is 20.2. The summed E-state index contributed by atoms with van der Waals surface area (Å²) in [7, 11) is 1.25. The molecule has 0 N–H and O–H groups in total. The maximum Gasteiger partial charge on any atom is 0.325 e. The second-order valence-corrected chi connectivity index (χ2v) is 7.08. The van der Waals surface area contributed by atoms with Gasteiger partial charge < -0.3 is 14.0 Å². The molecule has 0 aliphatic heterocycles. The van der Waals surface area contributed by atoms with Crippen molar-refractivity contribution in [1.29, 1.82) is 0 Å². The number of methoxy groups -OCH3 is 1. The Morgan fingerprint density at radius 1 is 1.24 bits per heavy atom. The number of esters is 1. The van der Waals surface area contributed by atoms with Gasteiger partial charge in [0.15, 0.2) is 11.4 Å². The summed E-state index contributed by atoms with van der Waals surface area (Å²) >= 11 is 1.07. The van der Waals surface area contributed by atoms with E-state index in [1.54, 1.807) is 12.1 Å². The zero-order chi connectivity index (χ0) is 21.0. The topological polar surface area (TPSA) is 113 Å². The predicted octanol–water partition coefficient (Wildman–Crippen LogP) is 2.60. The summed E-state index contributed by atoms with van der Waals surface area (Å²) in [6, 6.07) is 11.5. The summed E-state index contributed by atoms with van der Waals surface area (Å²) in [6.07, 6.45) is 0. The lowest BCUT2D eigenvalue weighted by molar-refractivity contribution is -0.384. The Bertz CT molecular complexity index is 1160. The first-order valence-electron chi connectivity index (χ1n) is 8.49. The minimum atomic E-state index is -0.550. The van der Waals surface area contributed by atoms with Gasteiger partial charge in [-0.15, -0.1) is 0 Å². The van der Waals surface area contributed by atoms with Gasteiger partial charge in [0.2, 0.25) is 0 Å². The largest absolute Gasteiger partial charge is 0.484 e. The number of fused-ring (bicyclic) bond motifs is 1. The molecule has 2 aromatic carbocycles. The number of carbonyl (C=O) groups is 2. The average molecular weight is 415 g/mol. The molecule has 0 saturated heterocycles. The van der Waals surface area contributed by atoms with Crippen molar-refractivity contribution in [3.05, 3.63) is 62.9 Å². The van der Waals surface area contributed by atoms with Crippen molar-refractivity contribution in [2.24, 2.45) is 4.99 Å². The minimum Gasteiger partial charge on any atom is -0.484 e. The van der Waals surface area contributed by atoms with E-state index in [0.717, 1.165) is 16.9 Å². The van der Waals surface area contributed by atoms with Crippen LogP contribution in [0.2, 0.25) is 0 Å². The smallest absolute Gasteiger partial charge is 0.325 e. The van der Waals surface area contributed by atoms with E-state index in [1.807, 2.05) is 19.1 Å². The number of hydrogen-bond acceptors (Lipinski definition) is 7. The lowest BCUT2D eigenvalue weighted by atomic mass is 10.2. The fourth-order valence-electron chi connectivity index (χ4n) is 2.60. The zero-order valence-corrected chi connectivity index (χ0v) is 16.5. The third-order valence-corrected chi connectivity index (χ3v) is 5.01. The molecule has 0 unspecified atom stereocenters. The molecule has 1 heterocycles. The number of benzene rings is 2. The Balaban J connectivity index is 1.94. The first-order valence-corrected chi connectivity index (χ1v) is 9.30. The molecule has 3 rings (SSSR count). The van der Waals surface area contributed by atoms with E-state index in [-0.39, 0.29) is 23.6 Å². The van der Waals surface area contributed by atoms with Gasteiger partial charge >= 0.3 is 5.97 Å². The summed E-state index contributed by atoms with van der Waals surface area (Å²) in [6.45, 7) is 1.44. The third-order valence-electron chi connectivity index (χ3n) is 3.96. The molecule has 0 spiro atoms. The Morgan fingerprint density at radius 3 is 2.72 bits per heavy atom. The summed E-state index contributed by atoms with van der Waals surface area (Å²) in [5, 5.41) is 11.0. The fraction of sp³-hybridized carbons (Fsp3) is 0.211. The number of thiazole rings is 1. The van der Waals surface area contributed by atoms with Gasteiger partial charge in [0, 0.05) is 12.1 Å². The van der Waals surface area contributed by atoms with Crippen LogP contribution in [0.3, 0.4) is 0 Å². The number of carbonyl (C=O) groups excluding carboxylic acids is 2. The molecule has 0 aliphatic carbocycles. The van der Waals surface area contributed by atoms with Gasteiger partial charge in [0.25, 0.3) is 11.6 Å². The van der Waals surface area contributed by atoms with Gasteiger partial charge in [0.05, 0.1) is 22.2 Å². The molecular weight excluding hydrogens is 398 g/mol. The number of hydrogen-bond donors (Lipinski definition) is 0. The highest BCUT2D eigenvalue weighted by Gasteiger charge is 2.15. The summed E-state index contributed by atoms with van der Waals surface area (Å²) in [5.41, 5.74) is 1.44.